The van der Waals surface area contributed by atoms with E-state index >= 15 is 0 Å². The van der Waals surface area contributed by atoms with Crippen molar-refractivity contribution in [2.24, 2.45) is 11.7 Å². The molecule has 1 aromatic carbocycles. The number of benzene rings is 1. The Bertz CT molecular complexity index is 385. The first-order valence-corrected chi connectivity index (χ1v) is 5.61. The van der Waals surface area contributed by atoms with Crippen LogP contribution in [0.2, 0.25) is 0 Å². The molecule has 1 aliphatic rings. The lowest BCUT2D eigenvalue weighted by molar-refractivity contribution is 0.299. The van der Waals surface area contributed by atoms with Crippen molar-refractivity contribution < 1.29 is 4.74 Å². The molecular weight excluding hydrogens is 206 g/mol. The zero-order valence-corrected chi connectivity index (χ0v) is 9.64. The Balaban J connectivity index is 2.15. The van der Waals surface area contributed by atoms with Crippen molar-refractivity contribution in [2.45, 2.75) is 19.8 Å². The fraction of sp³-hybridized carbons (Fsp3) is 0.417. The van der Waals surface area contributed by atoms with Crippen molar-refractivity contribution >= 4 is 17.2 Å². The quantitative estimate of drug-likeness (QED) is 0.793. The highest BCUT2D eigenvalue weighted by atomic mass is 32.1. The summed E-state index contributed by atoms with van der Waals surface area (Å²) in [6.45, 7) is 2.81. The number of ether oxygens (including phenoxy) is 1. The molecule has 0 atom stereocenters. The molecule has 0 saturated heterocycles. The van der Waals surface area contributed by atoms with Crippen molar-refractivity contribution in [1.82, 2.24) is 0 Å². The van der Waals surface area contributed by atoms with Crippen LogP contribution in [0.15, 0.2) is 18.2 Å². The summed E-state index contributed by atoms with van der Waals surface area (Å²) < 4.78 is 5.71. The molecule has 0 aliphatic heterocycles. The van der Waals surface area contributed by atoms with Gasteiger partial charge in [-0.1, -0.05) is 23.8 Å². The Hall–Kier alpha value is -1.09. The van der Waals surface area contributed by atoms with E-state index in [-0.39, 0.29) is 0 Å². The van der Waals surface area contributed by atoms with E-state index < -0.39 is 0 Å². The summed E-state index contributed by atoms with van der Waals surface area (Å²) in [5.41, 5.74) is 7.66. The van der Waals surface area contributed by atoms with E-state index in [9.17, 15) is 0 Å². The minimum atomic E-state index is 0.407. The second-order valence-corrected chi connectivity index (χ2v) is 4.56. The molecule has 2 N–H and O–H groups in total. The number of hydrogen-bond donors (Lipinski definition) is 1. The van der Waals surface area contributed by atoms with Gasteiger partial charge in [0.2, 0.25) is 0 Å². The topological polar surface area (TPSA) is 35.2 Å². The summed E-state index contributed by atoms with van der Waals surface area (Å²) in [5, 5.41) is 0. The SMILES string of the molecule is Cc1ccc(OCC2CC2)c(C(N)=S)c1. The third-order valence-corrected chi connectivity index (χ3v) is 2.79. The summed E-state index contributed by atoms with van der Waals surface area (Å²) in [7, 11) is 0. The fourth-order valence-electron chi connectivity index (χ4n) is 1.45. The zero-order chi connectivity index (χ0) is 10.8. The van der Waals surface area contributed by atoms with Crippen LogP contribution in [-0.4, -0.2) is 11.6 Å². The van der Waals surface area contributed by atoms with Crippen LogP contribution in [0.25, 0.3) is 0 Å². The lowest BCUT2D eigenvalue weighted by Crippen LogP contribution is -2.12. The van der Waals surface area contributed by atoms with E-state index in [2.05, 4.69) is 0 Å². The molecule has 1 saturated carbocycles. The first kappa shape index (κ1) is 10.4. The van der Waals surface area contributed by atoms with Gasteiger partial charge in [0.15, 0.2) is 0 Å². The van der Waals surface area contributed by atoms with Crippen molar-refractivity contribution in [2.75, 3.05) is 6.61 Å². The van der Waals surface area contributed by atoms with Crippen LogP contribution in [0.1, 0.15) is 24.0 Å². The predicted octanol–water partition coefficient (Wildman–Crippen LogP) is 2.42. The first-order chi connectivity index (χ1) is 7.16. The highest BCUT2D eigenvalue weighted by Crippen LogP contribution is 2.30. The van der Waals surface area contributed by atoms with Crippen molar-refractivity contribution in [1.29, 1.82) is 0 Å². The smallest absolute Gasteiger partial charge is 0.129 e. The Labute approximate surface area is 95.4 Å². The normalized spacial score (nSPS) is 15.0. The number of aryl methyl sites for hydroxylation is 1. The monoisotopic (exact) mass is 221 g/mol. The average molecular weight is 221 g/mol. The molecule has 0 aromatic heterocycles. The molecule has 0 bridgehead atoms. The fourth-order valence-corrected chi connectivity index (χ4v) is 1.61. The van der Waals surface area contributed by atoms with Crippen molar-refractivity contribution in [3.05, 3.63) is 29.3 Å². The predicted molar refractivity (Wildman–Crippen MR) is 65.3 cm³/mol. The molecule has 2 rings (SSSR count). The molecule has 0 spiro atoms. The molecule has 80 valence electrons. The van der Waals surface area contributed by atoms with Crippen LogP contribution in [0.4, 0.5) is 0 Å². The van der Waals surface area contributed by atoms with Gasteiger partial charge in [-0.15, -0.1) is 0 Å². The minimum Gasteiger partial charge on any atom is -0.493 e. The molecule has 15 heavy (non-hydrogen) atoms. The van der Waals surface area contributed by atoms with Gasteiger partial charge in [0.25, 0.3) is 0 Å². The molecule has 3 heteroatoms. The maximum atomic E-state index is 5.71. The van der Waals surface area contributed by atoms with E-state index in [1.807, 2.05) is 25.1 Å². The molecule has 0 unspecified atom stereocenters. The van der Waals surface area contributed by atoms with Gasteiger partial charge in [-0.25, -0.2) is 0 Å². The number of hydrogen-bond acceptors (Lipinski definition) is 2. The van der Waals surface area contributed by atoms with Gasteiger partial charge in [-0.05, 0) is 37.8 Å². The number of thiocarbonyl (C=S) groups is 1. The van der Waals surface area contributed by atoms with Gasteiger partial charge in [0, 0.05) is 0 Å². The molecule has 1 aromatic rings. The Morgan fingerprint density at radius 1 is 1.53 bits per heavy atom. The van der Waals surface area contributed by atoms with Crippen molar-refractivity contribution in [3.8, 4) is 5.75 Å². The van der Waals surface area contributed by atoms with Gasteiger partial charge in [-0.2, -0.15) is 0 Å². The standard InChI is InChI=1S/C12H15NOS/c1-8-2-5-11(10(6-8)12(13)15)14-7-9-3-4-9/h2,5-6,9H,3-4,7H2,1H3,(H2,13,15). The number of rotatable bonds is 4. The van der Waals surface area contributed by atoms with Gasteiger partial charge in [-0.3, -0.25) is 0 Å². The molecule has 0 radical (unpaired) electrons. The van der Waals surface area contributed by atoms with E-state index in [0.717, 1.165) is 29.4 Å². The van der Waals surface area contributed by atoms with E-state index in [1.54, 1.807) is 0 Å². The Kier molecular flexibility index (Phi) is 2.91. The Morgan fingerprint density at radius 3 is 2.87 bits per heavy atom. The molecule has 2 nitrogen and oxygen atoms in total. The van der Waals surface area contributed by atoms with Gasteiger partial charge < -0.3 is 10.5 Å². The van der Waals surface area contributed by atoms with Crippen LogP contribution in [0.5, 0.6) is 5.75 Å². The van der Waals surface area contributed by atoms with E-state index in [4.69, 9.17) is 22.7 Å². The van der Waals surface area contributed by atoms with Gasteiger partial charge in [0.05, 0.1) is 12.2 Å². The molecule has 1 aliphatic carbocycles. The summed E-state index contributed by atoms with van der Waals surface area (Å²) in [6.07, 6.45) is 2.57. The molecule has 1 fully saturated rings. The van der Waals surface area contributed by atoms with Gasteiger partial charge in [0.1, 0.15) is 10.7 Å². The van der Waals surface area contributed by atoms with E-state index in [1.165, 1.54) is 12.8 Å². The lowest BCUT2D eigenvalue weighted by atomic mass is 10.1. The summed E-state index contributed by atoms with van der Waals surface area (Å²) in [4.78, 5) is 0.407. The lowest BCUT2D eigenvalue weighted by Gasteiger charge is -2.10. The van der Waals surface area contributed by atoms with Crippen LogP contribution < -0.4 is 10.5 Å². The van der Waals surface area contributed by atoms with Crippen LogP contribution in [0.3, 0.4) is 0 Å². The van der Waals surface area contributed by atoms with Crippen LogP contribution in [0, 0.1) is 12.8 Å². The first-order valence-electron chi connectivity index (χ1n) is 5.20. The van der Waals surface area contributed by atoms with Crippen LogP contribution in [-0.2, 0) is 0 Å². The zero-order valence-electron chi connectivity index (χ0n) is 8.82. The largest absolute Gasteiger partial charge is 0.493 e. The average Bonchev–Trinajstić information content (AvgIpc) is 2.99. The second kappa shape index (κ2) is 4.19. The third-order valence-electron chi connectivity index (χ3n) is 2.57. The Morgan fingerprint density at radius 2 is 2.27 bits per heavy atom. The third kappa shape index (κ3) is 2.69. The summed E-state index contributed by atoms with van der Waals surface area (Å²) in [6, 6.07) is 5.95. The van der Waals surface area contributed by atoms with Crippen molar-refractivity contribution in [3.63, 3.8) is 0 Å². The minimum absolute atomic E-state index is 0.407. The molecule has 0 heterocycles. The number of nitrogens with two attached hydrogens (primary N) is 1. The maximum Gasteiger partial charge on any atom is 0.129 e. The summed E-state index contributed by atoms with van der Waals surface area (Å²) >= 11 is 5.00. The highest BCUT2D eigenvalue weighted by molar-refractivity contribution is 7.80. The highest BCUT2D eigenvalue weighted by Gasteiger charge is 2.22. The van der Waals surface area contributed by atoms with E-state index in [0.29, 0.717) is 4.99 Å². The summed E-state index contributed by atoms with van der Waals surface area (Å²) in [5.74, 6) is 1.56. The van der Waals surface area contributed by atoms with Crippen LogP contribution >= 0.6 is 12.2 Å². The second-order valence-electron chi connectivity index (χ2n) is 4.12. The van der Waals surface area contributed by atoms with Gasteiger partial charge >= 0.3 is 0 Å². The molecular formula is C12H15NOS. The maximum absolute atomic E-state index is 5.71. The molecule has 0 amide bonds.